The summed E-state index contributed by atoms with van der Waals surface area (Å²) in [5.74, 6) is 0.389. The number of methoxy groups -OCH3 is 1. The van der Waals surface area contributed by atoms with Crippen LogP contribution in [0.4, 0.5) is 5.69 Å². The van der Waals surface area contributed by atoms with Gasteiger partial charge in [0.15, 0.2) is 0 Å². The highest BCUT2D eigenvalue weighted by atomic mass is 16.5. The number of nitrogens with one attached hydrogen (secondary N) is 1. The molecule has 1 aliphatic rings. The van der Waals surface area contributed by atoms with Gasteiger partial charge in [0, 0.05) is 29.2 Å². The lowest BCUT2D eigenvalue weighted by Gasteiger charge is -2.26. The van der Waals surface area contributed by atoms with E-state index in [0.717, 1.165) is 51.0 Å². The molecule has 0 unspecified atom stereocenters. The minimum absolute atomic E-state index is 0.0456. The van der Waals surface area contributed by atoms with Crippen molar-refractivity contribution >= 4 is 28.4 Å². The zero-order valence-corrected chi connectivity index (χ0v) is 20.5. The molecule has 0 fully saturated rings. The topological polar surface area (TPSA) is 63.6 Å². The Morgan fingerprint density at radius 3 is 2.49 bits per heavy atom. The number of fused-ring (bicyclic) bond motifs is 3. The van der Waals surface area contributed by atoms with Crippen molar-refractivity contribution in [3.63, 3.8) is 0 Å². The van der Waals surface area contributed by atoms with Gasteiger partial charge in [-0.1, -0.05) is 55.5 Å². The third-order valence-electron chi connectivity index (χ3n) is 6.94. The van der Waals surface area contributed by atoms with Crippen molar-refractivity contribution in [2.24, 2.45) is 7.05 Å². The molecule has 4 aromatic rings. The Balaban J connectivity index is 1.56. The van der Waals surface area contributed by atoms with E-state index in [1.165, 1.54) is 0 Å². The number of hydrogen-bond donors (Lipinski definition) is 1. The van der Waals surface area contributed by atoms with E-state index >= 15 is 0 Å². The minimum Gasteiger partial charge on any atom is -0.497 e. The molecule has 0 spiro atoms. The number of ether oxygens (including phenoxy) is 1. The number of anilines is 1. The molecule has 0 aliphatic carbocycles. The molecule has 2 heterocycles. The van der Waals surface area contributed by atoms with Gasteiger partial charge in [0.25, 0.3) is 5.91 Å². The van der Waals surface area contributed by atoms with E-state index in [4.69, 9.17) is 4.74 Å². The lowest BCUT2D eigenvalue weighted by atomic mass is 9.98. The van der Waals surface area contributed by atoms with Crippen molar-refractivity contribution in [2.75, 3.05) is 19.0 Å². The summed E-state index contributed by atoms with van der Waals surface area (Å²) in [5.41, 5.74) is 6.42. The number of nitrogens with zero attached hydrogens (tertiary/aromatic N) is 2. The second-order valence-corrected chi connectivity index (χ2v) is 8.96. The molecule has 3 aromatic carbocycles. The second-order valence-electron chi connectivity index (χ2n) is 8.96. The minimum atomic E-state index is -0.372. The lowest BCUT2D eigenvalue weighted by Crippen LogP contribution is -2.37. The molecule has 1 atom stereocenters. The van der Waals surface area contributed by atoms with Gasteiger partial charge in [0.05, 0.1) is 13.2 Å². The summed E-state index contributed by atoms with van der Waals surface area (Å²) in [6, 6.07) is 21.4. The number of carbonyl (C=O) groups is 2. The summed E-state index contributed by atoms with van der Waals surface area (Å²) in [4.78, 5) is 28.8. The van der Waals surface area contributed by atoms with E-state index in [9.17, 15) is 9.59 Å². The number of para-hydroxylation sites is 2. The van der Waals surface area contributed by atoms with Crippen LogP contribution in [0.1, 0.15) is 45.7 Å². The fourth-order valence-corrected chi connectivity index (χ4v) is 5.20. The van der Waals surface area contributed by atoms with Gasteiger partial charge in [-0.2, -0.15) is 0 Å². The van der Waals surface area contributed by atoms with E-state index in [1.54, 1.807) is 12.0 Å². The molecule has 6 nitrogen and oxygen atoms in total. The molecule has 1 aliphatic heterocycles. The van der Waals surface area contributed by atoms with Crippen LogP contribution in [-0.4, -0.2) is 34.9 Å². The first-order valence-corrected chi connectivity index (χ1v) is 11.8. The summed E-state index contributed by atoms with van der Waals surface area (Å²) in [7, 11) is 3.54. The summed E-state index contributed by atoms with van der Waals surface area (Å²) in [6.07, 6.45) is 0.811. The summed E-state index contributed by atoms with van der Waals surface area (Å²) >= 11 is 0. The van der Waals surface area contributed by atoms with Gasteiger partial charge < -0.3 is 19.5 Å². The smallest absolute Gasteiger partial charge is 0.272 e. The fraction of sp³-hybridized carbons (Fsp3) is 0.241. The molecule has 1 aromatic heterocycles. The Bertz CT molecular complexity index is 1440. The Morgan fingerprint density at radius 2 is 1.77 bits per heavy atom. The van der Waals surface area contributed by atoms with Crippen LogP contribution in [-0.2, 0) is 18.3 Å². The molecule has 35 heavy (non-hydrogen) atoms. The fourth-order valence-electron chi connectivity index (χ4n) is 5.20. The van der Waals surface area contributed by atoms with Crippen LogP contribution >= 0.6 is 0 Å². The predicted octanol–water partition coefficient (Wildman–Crippen LogP) is 5.24. The summed E-state index contributed by atoms with van der Waals surface area (Å²) in [5, 5.41) is 4.10. The van der Waals surface area contributed by atoms with E-state index in [2.05, 4.69) is 12.2 Å². The molecule has 178 valence electrons. The maximum Gasteiger partial charge on any atom is 0.272 e. The summed E-state index contributed by atoms with van der Waals surface area (Å²) < 4.78 is 7.28. The zero-order valence-electron chi connectivity index (χ0n) is 20.5. The summed E-state index contributed by atoms with van der Waals surface area (Å²) in [6.45, 7) is 4.00. The molecule has 2 amide bonds. The van der Waals surface area contributed by atoms with Crippen molar-refractivity contribution in [2.45, 2.75) is 26.3 Å². The van der Waals surface area contributed by atoms with Crippen molar-refractivity contribution < 1.29 is 14.3 Å². The number of benzene rings is 3. The van der Waals surface area contributed by atoms with Crippen molar-refractivity contribution in [1.82, 2.24) is 9.47 Å². The second kappa shape index (κ2) is 8.95. The predicted molar refractivity (Wildman–Crippen MR) is 138 cm³/mol. The van der Waals surface area contributed by atoms with Gasteiger partial charge in [-0.3, -0.25) is 9.59 Å². The van der Waals surface area contributed by atoms with Crippen molar-refractivity contribution in [1.29, 1.82) is 0 Å². The van der Waals surface area contributed by atoms with Gasteiger partial charge in [0.1, 0.15) is 18.0 Å². The highest BCUT2D eigenvalue weighted by molar-refractivity contribution is 6.08. The van der Waals surface area contributed by atoms with Gasteiger partial charge in [-0.25, -0.2) is 0 Å². The molecule has 6 heteroatoms. The van der Waals surface area contributed by atoms with Gasteiger partial charge in [0.2, 0.25) is 5.91 Å². The highest BCUT2D eigenvalue weighted by Crippen LogP contribution is 2.44. The van der Waals surface area contributed by atoms with Crippen LogP contribution in [0.5, 0.6) is 5.75 Å². The first-order valence-electron chi connectivity index (χ1n) is 11.8. The van der Waals surface area contributed by atoms with E-state index < -0.39 is 0 Å². The standard InChI is InChI=1S/C29H29N3O3/c1-5-19-10-8-9-18(2)26(19)30-24(33)17-32-27(20-13-15-21(35-4)16-14-20)25-22-11-6-7-12-23(22)31(3)28(25)29(32)34/h6-16,27H,5,17H2,1-4H3,(H,30,33)/t27-/m1/s1. The monoisotopic (exact) mass is 467 g/mol. The van der Waals surface area contributed by atoms with Crippen molar-refractivity contribution in [3.8, 4) is 5.75 Å². The average Bonchev–Trinajstić information content (AvgIpc) is 3.32. The number of rotatable bonds is 6. The largest absolute Gasteiger partial charge is 0.497 e. The molecule has 0 radical (unpaired) electrons. The van der Waals surface area contributed by atoms with Crippen molar-refractivity contribution in [3.05, 3.63) is 94.7 Å². The Labute approximate surface area is 205 Å². The molecular weight excluding hydrogens is 438 g/mol. The first-order chi connectivity index (χ1) is 16.9. The average molecular weight is 468 g/mol. The van der Waals surface area contributed by atoms with Gasteiger partial charge in [-0.15, -0.1) is 0 Å². The van der Waals surface area contributed by atoms with E-state index in [1.807, 2.05) is 85.3 Å². The van der Waals surface area contributed by atoms with Crippen LogP contribution in [0.3, 0.4) is 0 Å². The zero-order chi connectivity index (χ0) is 24.7. The van der Waals surface area contributed by atoms with Crippen LogP contribution in [0.15, 0.2) is 66.7 Å². The van der Waals surface area contributed by atoms with Crippen LogP contribution in [0.25, 0.3) is 10.9 Å². The first kappa shape index (κ1) is 22.7. The lowest BCUT2D eigenvalue weighted by molar-refractivity contribution is -0.117. The SMILES string of the molecule is CCc1cccc(C)c1NC(=O)CN1C(=O)c2c(c3ccccc3n2C)[C@H]1c1ccc(OC)cc1. The number of carbonyl (C=O) groups excluding carboxylic acids is 2. The van der Waals surface area contributed by atoms with Crippen LogP contribution in [0, 0.1) is 6.92 Å². The third-order valence-corrected chi connectivity index (χ3v) is 6.94. The van der Waals surface area contributed by atoms with Gasteiger partial charge in [-0.05, 0) is 48.2 Å². The molecular formula is C29H29N3O3. The number of aromatic nitrogens is 1. The van der Waals surface area contributed by atoms with E-state index in [-0.39, 0.29) is 24.4 Å². The Morgan fingerprint density at radius 1 is 1.03 bits per heavy atom. The molecule has 0 saturated heterocycles. The number of hydrogen-bond acceptors (Lipinski definition) is 3. The molecule has 1 N–H and O–H groups in total. The normalized spacial score (nSPS) is 14.9. The maximum atomic E-state index is 13.8. The Hall–Kier alpha value is -4.06. The number of aryl methyl sites for hydroxylation is 3. The number of amides is 2. The quantitative estimate of drug-likeness (QED) is 0.422. The van der Waals surface area contributed by atoms with Gasteiger partial charge >= 0.3 is 0 Å². The van der Waals surface area contributed by atoms with E-state index in [0.29, 0.717) is 5.69 Å². The Kier molecular flexibility index (Phi) is 5.81. The van der Waals surface area contributed by atoms with Crippen LogP contribution in [0.2, 0.25) is 0 Å². The molecule has 5 rings (SSSR count). The molecule has 0 saturated carbocycles. The molecule has 0 bridgehead atoms. The third kappa shape index (κ3) is 3.75. The van der Waals surface area contributed by atoms with Crippen LogP contribution < -0.4 is 10.1 Å². The maximum absolute atomic E-state index is 13.8. The highest BCUT2D eigenvalue weighted by Gasteiger charge is 2.42.